The van der Waals surface area contributed by atoms with E-state index in [1.807, 2.05) is 63.2 Å². The smallest absolute Gasteiger partial charge is 0.372 e. The van der Waals surface area contributed by atoms with Crippen LogP contribution in [0, 0.1) is 0 Å². The van der Waals surface area contributed by atoms with Gasteiger partial charge in [0.1, 0.15) is 17.1 Å². The molecule has 0 saturated carbocycles. The van der Waals surface area contributed by atoms with Crippen molar-refractivity contribution in [2.45, 2.75) is 31.3 Å². The Bertz CT molecular complexity index is 789. The molecule has 0 aliphatic heterocycles. The first-order chi connectivity index (χ1) is 12.2. The van der Waals surface area contributed by atoms with Crippen LogP contribution in [0.5, 0.6) is 11.5 Å². The molecule has 0 aliphatic rings. The van der Waals surface area contributed by atoms with Gasteiger partial charge in [-0.1, -0.05) is 18.7 Å². The molecule has 26 heavy (non-hydrogen) atoms. The van der Waals surface area contributed by atoms with E-state index in [-0.39, 0.29) is 5.30 Å². The Morgan fingerprint density at radius 2 is 1.54 bits per heavy atom. The molecule has 138 valence electrons. The van der Waals surface area contributed by atoms with Crippen LogP contribution in [0.3, 0.4) is 0 Å². The van der Waals surface area contributed by atoms with Crippen LogP contribution >= 0.6 is 11.8 Å². The average molecular weight is 372 g/mol. The van der Waals surface area contributed by atoms with E-state index in [1.165, 1.54) is 0 Å². The highest BCUT2D eigenvalue weighted by Crippen LogP contribution is 2.35. The Balaban J connectivity index is 2.35. The van der Waals surface area contributed by atoms with E-state index in [9.17, 15) is 4.79 Å². The van der Waals surface area contributed by atoms with Crippen molar-refractivity contribution in [3.05, 3.63) is 60.2 Å². The summed E-state index contributed by atoms with van der Waals surface area (Å²) in [4.78, 5) is 13.0. The minimum absolute atomic E-state index is 0.355. The standard InChI is InChI=1S/C21H24O4S/c1-14(15-7-9-16(23-5)10-8-15)18-13-17(24-6)11-12-19(18)26-20(22)25-21(2,3)4/h7-13H,1H2,2-6H3. The minimum Gasteiger partial charge on any atom is -0.497 e. The SMILES string of the molecule is C=C(c1ccc(OC)cc1)c1cc(OC)ccc1SC(=O)OC(C)(C)C. The third-order valence-corrected chi connectivity index (χ3v) is 4.36. The second-order valence-corrected chi connectivity index (χ2v) is 7.61. The molecule has 2 aromatic carbocycles. The lowest BCUT2D eigenvalue weighted by Crippen LogP contribution is -2.21. The van der Waals surface area contributed by atoms with Gasteiger partial charge < -0.3 is 14.2 Å². The maximum absolute atomic E-state index is 12.2. The fraction of sp³-hybridized carbons (Fsp3) is 0.286. The number of benzene rings is 2. The highest BCUT2D eigenvalue weighted by molar-refractivity contribution is 8.13. The first-order valence-corrected chi connectivity index (χ1v) is 8.97. The topological polar surface area (TPSA) is 44.8 Å². The van der Waals surface area contributed by atoms with Crippen LogP contribution in [0.1, 0.15) is 31.9 Å². The van der Waals surface area contributed by atoms with Crippen LogP contribution in [-0.4, -0.2) is 25.1 Å². The third kappa shape index (κ3) is 5.30. The summed E-state index contributed by atoms with van der Waals surface area (Å²) in [6.07, 6.45) is 0. The van der Waals surface area contributed by atoms with Gasteiger partial charge >= 0.3 is 5.30 Å². The van der Waals surface area contributed by atoms with Gasteiger partial charge in [-0.25, -0.2) is 4.79 Å². The molecule has 0 bridgehead atoms. The van der Waals surface area contributed by atoms with Gasteiger partial charge in [0.05, 0.1) is 14.2 Å². The normalized spacial score (nSPS) is 11.0. The molecule has 0 unspecified atom stereocenters. The van der Waals surface area contributed by atoms with E-state index >= 15 is 0 Å². The molecule has 0 spiro atoms. The molecule has 0 N–H and O–H groups in total. The van der Waals surface area contributed by atoms with Gasteiger partial charge in [0.2, 0.25) is 0 Å². The number of carbonyl (C=O) groups is 1. The molecule has 0 radical (unpaired) electrons. The molecule has 0 aromatic heterocycles. The van der Waals surface area contributed by atoms with Crippen molar-refractivity contribution >= 4 is 22.6 Å². The van der Waals surface area contributed by atoms with Gasteiger partial charge in [-0.05, 0) is 79.6 Å². The molecule has 4 nitrogen and oxygen atoms in total. The summed E-state index contributed by atoms with van der Waals surface area (Å²) in [6.45, 7) is 9.74. The Morgan fingerprint density at radius 1 is 0.962 bits per heavy atom. The Kier molecular flexibility index (Phi) is 6.37. The first-order valence-electron chi connectivity index (χ1n) is 8.16. The molecule has 0 saturated heterocycles. The van der Waals surface area contributed by atoms with E-state index in [4.69, 9.17) is 14.2 Å². The molecule has 0 atom stereocenters. The molecule has 2 aromatic rings. The lowest BCUT2D eigenvalue weighted by molar-refractivity contribution is 0.0738. The van der Waals surface area contributed by atoms with Crippen molar-refractivity contribution < 1.29 is 19.0 Å². The lowest BCUT2D eigenvalue weighted by Gasteiger charge is -2.20. The number of ether oxygens (including phenoxy) is 3. The van der Waals surface area contributed by atoms with Crippen LogP contribution in [-0.2, 0) is 4.74 Å². The highest BCUT2D eigenvalue weighted by atomic mass is 32.2. The predicted molar refractivity (Wildman–Crippen MR) is 106 cm³/mol. The summed E-state index contributed by atoms with van der Waals surface area (Å²) < 4.78 is 15.9. The molecule has 5 heteroatoms. The van der Waals surface area contributed by atoms with Crippen molar-refractivity contribution in [1.29, 1.82) is 0 Å². The maximum atomic E-state index is 12.2. The monoisotopic (exact) mass is 372 g/mol. The fourth-order valence-corrected chi connectivity index (χ4v) is 3.17. The molecule has 0 heterocycles. The van der Waals surface area contributed by atoms with E-state index in [0.29, 0.717) is 5.75 Å². The third-order valence-electron chi connectivity index (χ3n) is 3.53. The summed E-state index contributed by atoms with van der Waals surface area (Å²) in [7, 11) is 3.23. The summed E-state index contributed by atoms with van der Waals surface area (Å²) in [5.74, 6) is 1.47. The number of rotatable bonds is 5. The number of carbonyl (C=O) groups excluding carboxylic acids is 1. The highest BCUT2D eigenvalue weighted by Gasteiger charge is 2.20. The summed E-state index contributed by atoms with van der Waals surface area (Å²) in [5, 5.41) is -0.355. The van der Waals surface area contributed by atoms with Crippen LogP contribution in [0.15, 0.2) is 53.9 Å². The molecule has 0 fully saturated rings. The van der Waals surface area contributed by atoms with Crippen LogP contribution < -0.4 is 9.47 Å². The molecule has 0 aliphatic carbocycles. The zero-order valence-corrected chi connectivity index (χ0v) is 16.6. The van der Waals surface area contributed by atoms with Gasteiger partial charge in [-0.15, -0.1) is 0 Å². The number of methoxy groups -OCH3 is 2. The van der Waals surface area contributed by atoms with Crippen molar-refractivity contribution in [3.63, 3.8) is 0 Å². The quantitative estimate of drug-likeness (QED) is 0.491. The zero-order chi connectivity index (χ0) is 19.3. The average Bonchev–Trinajstić information content (AvgIpc) is 2.60. The molecular weight excluding hydrogens is 348 g/mol. The zero-order valence-electron chi connectivity index (χ0n) is 15.8. The fourth-order valence-electron chi connectivity index (χ4n) is 2.27. The number of hydrogen-bond acceptors (Lipinski definition) is 5. The Labute approximate surface area is 159 Å². The Morgan fingerprint density at radius 3 is 2.08 bits per heavy atom. The maximum Gasteiger partial charge on any atom is 0.372 e. The second kappa shape index (κ2) is 8.32. The van der Waals surface area contributed by atoms with Gasteiger partial charge in [0.25, 0.3) is 0 Å². The summed E-state index contributed by atoms with van der Waals surface area (Å²) >= 11 is 1.04. The van der Waals surface area contributed by atoms with E-state index < -0.39 is 5.60 Å². The van der Waals surface area contributed by atoms with Crippen molar-refractivity contribution in [3.8, 4) is 11.5 Å². The van der Waals surface area contributed by atoms with Crippen LogP contribution in [0.25, 0.3) is 5.57 Å². The summed E-state index contributed by atoms with van der Waals surface area (Å²) in [5.41, 5.74) is 2.01. The van der Waals surface area contributed by atoms with E-state index in [0.717, 1.165) is 39.1 Å². The van der Waals surface area contributed by atoms with Gasteiger partial charge in [-0.3, -0.25) is 0 Å². The predicted octanol–water partition coefficient (Wildman–Crippen LogP) is 5.79. The van der Waals surface area contributed by atoms with Crippen molar-refractivity contribution in [2.75, 3.05) is 14.2 Å². The van der Waals surface area contributed by atoms with Gasteiger partial charge in [-0.2, -0.15) is 0 Å². The number of hydrogen-bond donors (Lipinski definition) is 0. The van der Waals surface area contributed by atoms with Crippen molar-refractivity contribution in [2.24, 2.45) is 0 Å². The largest absolute Gasteiger partial charge is 0.497 e. The van der Waals surface area contributed by atoms with E-state index in [2.05, 4.69) is 6.58 Å². The first kappa shape index (κ1) is 19.9. The summed E-state index contributed by atoms with van der Waals surface area (Å²) in [6, 6.07) is 13.2. The Hall–Kier alpha value is -2.40. The van der Waals surface area contributed by atoms with Gasteiger partial charge in [0.15, 0.2) is 0 Å². The minimum atomic E-state index is -0.538. The molecule has 2 rings (SSSR count). The second-order valence-electron chi connectivity index (χ2n) is 6.64. The van der Waals surface area contributed by atoms with E-state index in [1.54, 1.807) is 14.2 Å². The van der Waals surface area contributed by atoms with Crippen LogP contribution in [0.4, 0.5) is 4.79 Å². The molecule has 0 amide bonds. The van der Waals surface area contributed by atoms with Gasteiger partial charge in [0, 0.05) is 4.90 Å². The molecular formula is C21H24O4S. The number of thioether (sulfide) groups is 1. The lowest BCUT2D eigenvalue weighted by atomic mass is 9.99. The van der Waals surface area contributed by atoms with Crippen LogP contribution in [0.2, 0.25) is 0 Å². The van der Waals surface area contributed by atoms with Crippen molar-refractivity contribution in [1.82, 2.24) is 0 Å².